The molecule has 0 radical (unpaired) electrons. The number of hydrogen-bond donors (Lipinski definition) is 3. The van der Waals surface area contributed by atoms with Crippen LogP contribution < -0.4 is 10.6 Å². The lowest BCUT2D eigenvalue weighted by atomic mass is 9.88. The van der Waals surface area contributed by atoms with Gasteiger partial charge in [-0.25, -0.2) is 4.79 Å². The van der Waals surface area contributed by atoms with Crippen LogP contribution in [0.4, 0.5) is 4.79 Å². The Labute approximate surface area is 95.9 Å². The Morgan fingerprint density at radius 3 is 2.50 bits per heavy atom. The summed E-state index contributed by atoms with van der Waals surface area (Å²) in [5, 5.41) is 14.1. The van der Waals surface area contributed by atoms with Gasteiger partial charge in [-0.15, -0.1) is 6.58 Å². The van der Waals surface area contributed by atoms with E-state index < -0.39 is 11.4 Å². The Morgan fingerprint density at radius 1 is 1.56 bits per heavy atom. The SMILES string of the molecule is C=CC(C)NC(=O)NCC(C)(CC)C(=O)O. The Kier molecular flexibility index (Phi) is 5.56. The van der Waals surface area contributed by atoms with Gasteiger partial charge in [0.1, 0.15) is 0 Å². The molecule has 0 aromatic heterocycles. The fourth-order valence-corrected chi connectivity index (χ4v) is 0.944. The maximum Gasteiger partial charge on any atom is 0.315 e. The first-order chi connectivity index (χ1) is 7.35. The molecule has 5 nitrogen and oxygen atoms in total. The Bertz CT molecular complexity index is 278. The van der Waals surface area contributed by atoms with Crippen molar-refractivity contribution < 1.29 is 14.7 Å². The van der Waals surface area contributed by atoms with Crippen LogP contribution >= 0.6 is 0 Å². The van der Waals surface area contributed by atoms with Crippen molar-refractivity contribution in [3.63, 3.8) is 0 Å². The lowest BCUT2D eigenvalue weighted by Crippen LogP contribution is -2.46. The zero-order valence-corrected chi connectivity index (χ0v) is 10.0. The van der Waals surface area contributed by atoms with E-state index in [9.17, 15) is 9.59 Å². The molecular weight excluding hydrogens is 208 g/mol. The highest BCUT2D eigenvalue weighted by Crippen LogP contribution is 2.19. The van der Waals surface area contributed by atoms with E-state index in [1.807, 2.05) is 0 Å². The zero-order valence-electron chi connectivity index (χ0n) is 10.0. The van der Waals surface area contributed by atoms with Crippen molar-refractivity contribution in [3.8, 4) is 0 Å². The van der Waals surface area contributed by atoms with Gasteiger partial charge >= 0.3 is 12.0 Å². The number of carbonyl (C=O) groups is 2. The second-order valence-electron chi connectivity index (χ2n) is 4.07. The van der Waals surface area contributed by atoms with E-state index in [2.05, 4.69) is 17.2 Å². The second kappa shape index (κ2) is 6.15. The summed E-state index contributed by atoms with van der Waals surface area (Å²) in [6, 6.07) is -0.522. The van der Waals surface area contributed by atoms with Crippen molar-refractivity contribution in [2.24, 2.45) is 5.41 Å². The van der Waals surface area contributed by atoms with Gasteiger partial charge in [-0.05, 0) is 20.3 Å². The first-order valence-electron chi connectivity index (χ1n) is 5.26. The number of carboxylic acids is 1. The number of carboxylic acid groups (broad SMARTS) is 1. The first-order valence-corrected chi connectivity index (χ1v) is 5.26. The van der Waals surface area contributed by atoms with E-state index >= 15 is 0 Å². The van der Waals surface area contributed by atoms with Gasteiger partial charge in [-0.1, -0.05) is 13.0 Å². The minimum absolute atomic E-state index is 0.106. The third kappa shape index (κ3) is 4.33. The van der Waals surface area contributed by atoms with Crippen LogP contribution in [0.1, 0.15) is 27.2 Å². The molecule has 16 heavy (non-hydrogen) atoms. The fraction of sp³-hybridized carbons (Fsp3) is 0.636. The molecule has 0 heterocycles. The van der Waals surface area contributed by atoms with Gasteiger partial charge in [0, 0.05) is 12.6 Å². The van der Waals surface area contributed by atoms with Crippen molar-refractivity contribution in [1.29, 1.82) is 0 Å². The topological polar surface area (TPSA) is 78.4 Å². The average molecular weight is 228 g/mol. The van der Waals surface area contributed by atoms with Crippen molar-refractivity contribution in [3.05, 3.63) is 12.7 Å². The molecule has 2 unspecified atom stereocenters. The largest absolute Gasteiger partial charge is 0.481 e. The van der Waals surface area contributed by atoms with Gasteiger partial charge in [0.2, 0.25) is 0 Å². The first kappa shape index (κ1) is 14.5. The fourth-order valence-electron chi connectivity index (χ4n) is 0.944. The molecule has 0 aromatic rings. The summed E-state index contributed by atoms with van der Waals surface area (Å²) in [5.41, 5.74) is -0.922. The normalized spacial score (nSPS) is 15.7. The molecule has 92 valence electrons. The summed E-state index contributed by atoms with van der Waals surface area (Å²) < 4.78 is 0. The molecule has 5 heteroatoms. The molecule has 0 aliphatic heterocycles. The van der Waals surface area contributed by atoms with E-state index in [1.165, 1.54) is 0 Å². The molecule has 0 fully saturated rings. The summed E-state index contributed by atoms with van der Waals surface area (Å²) in [6.45, 7) is 8.80. The van der Waals surface area contributed by atoms with Crippen molar-refractivity contribution >= 4 is 12.0 Å². The highest BCUT2D eigenvalue weighted by atomic mass is 16.4. The van der Waals surface area contributed by atoms with Gasteiger partial charge in [-0.2, -0.15) is 0 Å². The Morgan fingerprint density at radius 2 is 2.12 bits per heavy atom. The van der Waals surface area contributed by atoms with Crippen LogP contribution in [0.25, 0.3) is 0 Å². The summed E-state index contributed by atoms with van der Waals surface area (Å²) in [4.78, 5) is 22.3. The van der Waals surface area contributed by atoms with Crippen LogP contribution in [0.15, 0.2) is 12.7 Å². The van der Waals surface area contributed by atoms with Crippen LogP contribution in [0.5, 0.6) is 0 Å². The van der Waals surface area contributed by atoms with Gasteiger partial charge in [0.15, 0.2) is 0 Å². The van der Waals surface area contributed by atoms with Crippen LogP contribution in [-0.2, 0) is 4.79 Å². The molecule has 0 bridgehead atoms. The maximum absolute atomic E-state index is 11.3. The van der Waals surface area contributed by atoms with E-state index in [1.54, 1.807) is 26.8 Å². The Hall–Kier alpha value is -1.52. The van der Waals surface area contributed by atoms with Gasteiger partial charge < -0.3 is 15.7 Å². The summed E-state index contributed by atoms with van der Waals surface area (Å²) >= 11 is 0. The number of aliphatic carboxylic acids is 1. The lowest BCUT2D eigenvalue weighted by Gasteiger charge is -2.23. The number of carbonyl (C=O) groups excluding carboxylic acids is 1. The van der Waals surface area contributed by atoms with Crippen LogP contribution in [0, 0.1) is 5.41 Å². The average Bonchev–Trinajstić information content (AvgIpc) is 2.25. The number of amides is 2. The standard InChI is InChI=1S/C11H20N2O3/c1-5-8(3)13-10(16)12-7-11(4,6-2)9(14)15/h5,8H,1,6-7H2,2-4H3,(H,14,15)(H2,12,13,16). The van der Waals surface area contributed by atoms with E-state index in [-0.39, 0.29) is 18.6 Å². The van der Waals surface area contributed by atoms with Crippen LogP contribution in [0.2, 0.25) is 0 Å². The molecule has 0 rings (SSSR count). The van der Waals surface area contributed by atoms with Crippen molar-refractivity contribution in [2.45, 2.75) is 33.2 Å². The maximum atomic E-state index is 11.3. The third-order valence-corrected chi connectivity index (χ3v) is 2.65. The van der Waals surface area contributed by atoms with Crippen LogP contribution in [-0.4, -0.2) is 29.7 Å². The quantitative estimate of drug-likeness (QED) is 0.601. The smallest absolute Gasteiger partial charge is 0.315 e. The predicted molar refractivity (Wildman–Crippen MR) is 62.2 cm³/mol. The predicted octanol–water partition coefficient (Wildman–Crippen LogP) is 1.36. The minimum Gasteiger partial charge on any atom is -0.481 e. The van der Waals surface area contributed by atoms with E-state index in [4.69, 9.17) is 5.11 Å². The molecular formula is C11H20N2O3. The zero-order chi connectivity index (χ0) is 12.8. The van der Waals surface area contributed by atoms with Gasteiger partial charge in [-0.3, -0.25) is 4.79 Å². The van der Waals surface area contributed by atoms with E-state index in [0.717, 1.165) is 0 Å². The molecule has 0 saturated heterocycles. The van der Waals surface area contributed by atoms with E-state index in [0.29, 0.717) is 6.42 Å². The molecule has 0 aliphatic rings. The molecule has 0 aromatic carbocycles. The summed E-state index contributed by atoms with van der Waals surface area (Å²) in [7, 11) is 0. The molecule has 0 spiro atoms. The highest BCUT2D eigenvalue weighted by molar-refractivity contribution is 5.78. The molecule has 0 aliphatic carbocycles. The number of hydrogen-bond acceptors (Lipinski definition) is 2. The van der Waals surface area contributed by atoms with Gasteiger partial charge in [0.25, 0.3) is 0 Å². The molecule has 2 atom stereocenters. The molecule has 0 saturated carbocycles. The summed E-state index contributed by atoms with van der Waals surface area (Å²) in [5.74, 6) is -0.910. The van der Waals surface area contributed by atoms with Crippen LogP contribution in [0.3, 0.4) is 0 Å². The molecule has 3 N–H and O–H groups in total. The number of rotatable bonds is 6. The van der Waals surface area contributed by atoms with Gasteiger partial charge in [0.05, 0.1) is 5.41 Å². The number of urea groups is 1. The van der Waals surface area contributed by atoms with Crippen molar-refractivity contribution in [1.82, 2.24) is 10.6 Å². The lowest BCUT2D eigenvalue weighted by molar-refractivity contribution is -0.147. The second-order valence-corrected chi connectivity index (χ2v) is 4.07. The Balaban J connectivity index is 4.17. The highest BCUT2D eigenvalue weighted by Gasteiger charge is 2.31. The third-order valence-electron chi connectivity index (χ3n) is 2.65. The number of nitrogens with one attached hydrogen (secondary N) is 2. The summed E-state index contributed by atoms with van der Waals surface area (Å²) in [6.07, 6.45) is 2.05. The minimum atomic E-state index is -0.922. The molecule has 2 amide bonds. The monoisotopic (exact) mass is 228 g/mol. The van der Waals surface area contributed by atoms with Crippen molar-refractivity contribution in [2.75, 3.05) is 6.54 Å².